The first-order chi connectivity index (χ1) is 23.1. The Morgan fingerprint density at radius 1 is 0.560 bits per heavy atom. The van der Waals surface area contributed by atoms with E-state index in [-0.39, 0.29) is 0 Å². The van der Waals surface area contributed by atoms with Gasteiger partial charge in [-0.25, -0.2) is 10.4 Å². The number of fused-ring (bicyclic) bond motifs is 3. The van der Waals surface area contributed by atoms with Crippen LogP contribution in [0.2, 0.25) is 84.1 Å². The van der Waals surface area contributed by atoms with Gasteiger partial charge in [0.25, 0.3) is 0 Å². The quantitative estimate of drug-likeness (QED) is 0.118. The van der Waals surface area contributed by atoms with Gasteiger partial charge in [0, 0.05) is 16.1 Å². The predicted molar refractivity (Wildman–Crippen MR) is 234 cm³/mol. The summed E-state index contributed by atoms with van der Waals surface area (Å²) >= 11 is 1.46. The van der Waals surface area contributed by atoms with Crippen molar-refractivity contribution in [1.82, 2.24) is 0 Å². The average molecular weight is 805 g/mol. The van der Waals surface area contributed by atoms with Crippen molar-refractivity contribution in [3.8, 4) is 0 Å². The van der Waals surface area contributed by atoms with Crippen LogP contribution in [0.3, 0.4) is 0 Å². The molecule has 0 aliphatic heterocycles. The first kappa shape index (κ1) is 40.6. The maximum absolute atomic E-state index is 4.12. The molecule has 5 aromatic rings. The molecule has 50 heavy (non-hydrogen) atoms. The average Bonchev–Trinajstić information content (AvgIpc) is 3.62. The second-order valence-corrected chi connectivity index (χ2v) is 39.9. The molecule has 1 aliphatic carbocycles. The van der Waals surface area contributed by atoms with Gasteiger partial charge < -0.3 is 0 Å². The van der Waals surface area contributed by atoms with Gasteiger partial charge in [-0.2, -0.15) is 5.20 Å². The molecule has 1 atom stereocenters. The van der Waals surface area contributed by atoms with Crippen LogP contribution in [0.4, 0.5) is 0 Å². The molecule has 5 heteroatoms. The van der Waals surface area contributed by atoms with Gasteiger partial charge in [-0.05, 0) is 21.9 Å². The number of rotatable bonds is 6. The molecule has 0 saturated heterocycles. The Balaban J connectivity index is 0.000000172. The molecule has 260 valence electrons. The van der Waals surface area contributed by atoms with E-state index in [1.165, 1.54) is 71.2 Å². The zero-order valence-electron chi connectivity index (χ0n) is 33.4. The van der Waals surface area contributed by atoms with E-state index in [4.69, 9.17) is 0 Å². The number of benzene rings is 4. The van der Waals surface area contributed by atoms with Gasteiger partial charge in [-0.15, -0.1) is 45.3 Å². The Kier molecular flexibility index (Phi) is 12.9. The van der Waals surface area contributed by atoms with Crippen LogP contribution in [0.1, 0.15) is 22.3 Å². The van der Waals surface area contributed by atoms with Crippen molar-refractivity contribution in [3.05, 3.63) is 147 Å². The molecule has 5 aromatic carbocycles. The van der Waals surface area contributed by atoms with Crippen LogP contribution < -0.4 is 0 Å². The predicted octanol–water partition coefficient (Wildman–Crippen LogP) is 13.5. The summed E-state index contributed by atoms with van der Waals surface area (Å²) in [5, 5.41) is 10.9. The fraction of sp³-hybridized carbons (Fsp3) is 0.333. The van der Waals surface area contributed by atoms with Crippen molar-refractivity contribution in [2.45, 2.75) is 98.0 Å². The van der Waals surface area contributed by atoms with Crippen molar-refractivity contribution in [2.24, 2.45) is 0 Å². The summed E-state index contributed by atoms with van der Waals surface area (Å²) in [6.45, 7) is 34.8. The van der Waals surface area contributed by atoms with E-state index < -0.39 is 32.3 Å². The summed E-state index contributed by atoms with van der Waals surface area (Å²) in [7, 11) is -5.18. The Morgan fingerprint density at radius 2 is 0.980 bits per heavy atom. The van der Waals surface area contributed by atoms with Crippen molar-refractivity contribution in [2.75, 3.05) is 0 Å². The van der Waals surface area contributed by atoms with Crippen molar-refractivity contribution >= 4 is 57.0 Å². The molecule has 0 fully saturated rings. The van der Waals surface area contributed by atoms with Crippen LogP contribution in [0.15, 0.2) is 119 Å². The monoisotopic (exact) mass is 802 g/mol. The fourth-order valence-corrected chi connectivity index (χ4v) is 22.0. The number of allylic oxidation sites excluding steroid dienone is 4. The minimum absolute atomic E-state index is 0.688. The van der Waals surface area contributed by atoms with E-state index in [9.17, 15) is 0 Å². The third-order valence-electron chi connectivity index (χ3n) is 9.41. The van der Waals surface area contributed by atoms with Gasteiger partial charge in [-0.1, -0.05) is 114 Å². The SMILES string of the molecule is C[Si](C)(C)C1=[C-]C([Si](C)(C)C)C([Si](C)(C)C)=C1[Si](C)(C)C.Cc1ccc2c(c1)[cH-]c1cc(C)ccc12.[Zr+2]=[C](c1ccccc1)c1ccccc1. The van der Waals surface area contributed by atoms with E-state index in [2.05, 4.69) is 202 Å². The maximum atomic E-state index is 4.12. The van der Waals surface area contributed by atoms with Crippen molar-refractivity contribution in [1.29, 1.82) is 0 Å². The molecule has 0 nitrogen and oxygen atoms in total. The molecule has 0 saturated carbocycles. The van der Waals surface area contributed by atoms with Crippen LogP contribution >= 0.6 is 0 Å². The molecule has 6 rings (SSSR count). The fourth-order valence-electron chi connectivity index (χ4n) is 7.03. The molecule has 1 unspecified atom stereocenters. The molecule has 0 N–H and O–H groups in total. The second-order valence-electron chi connectivity index (χ2n) is 18.3. The summed E-state index contributed by atoms with van der Waals surface area (Å²) in [6, 6.07) is 36.7. The molecule has 0 heterocycles. The minimum atomic E-state index is -1.32. The third-order valence-corrected chi connectivity index (χ3v) is 19.9. The second kappa shape index (κ2) is 15.8. The van der Waals surface area contributed by atoms with Gasteiger partial charge in [0.05, 0.1) is 8.07 Å². The molecule has 0 spiro atoms. The number of hydrogen-bond acceptors (Lipinski definition) is 0. The zero-order chi connectivity index (χ0) is 37.2. The Hall–Kier alpha value is -2.15. The van der Waals surface area contributed by atoms with Gasteiger partial charge in [0.15, 0.2) is 0 Å². The molecular formula is C45H60Si4Zr. The molecule has 0 bridgehead atoms. The molecule has 0 amide bonds. The van der Waals surface area contributed by atoms with E-state index in [0.717, 1.165) is 0 Å². The first-order valence-corrected chi connectivity index (χ1v) is 33.5. The topological polar surface area (TPSA) is 0 Å². The zero-order valence-corrected chi connectivity index (χ0v) is 39.9. The summed E-state index contributed by atoms with van der Waals surface area (Å²) in [5.41, 5.74) is 6.01. The van der Waals surface area contributed by atoms with Crippen LogP contribution in [0.25, 0.3) is 21.5 Å². The van der Waals surface area contributed by atoms with Crippen LogP contribution in [0.5, 0.6) is 0 Å². The summed E-state index contributed by atoms with van der Waals surface area (Å²) in [6.07, 6.45) is 4.12. The number of aryl methyl sites for hydroxylation is 2. The van der Waals surface area contributed by atoms with Crippen LogP contribution in [0, 0.1) is 19.9 Å². The van der Waals surface area contributed by atoms with Crippen molar-refractivity contribution < 1.29 is 24.2 Å². The molecule has 0 radical (unpaired) electrons. The van der Waals surface area contributed by atoms with E-state index in [1.54, 1.807) is 5.20 Å². The van der Waals surface area contributed by atoms with Crippen LogP contribution in [-0.4, -0.2) is 35.5 Å². The van der Waals surface area contributed by atoms with E-state index in [0.29, 0.717) is 5.54 Å². The van der Waals surface area contributed by atoms with Gasteiger partial charge in [0.1, 0.15) is 0 Å². The van der Waals surface area contributed by atoms with Gasteiger partial charge in [-0.3, -0.25) is 6.08 Å². The summed E-state index contributed by atoms with van der Waals surface area (Å²) < 4.78 is 1.42. The Labute approximate surface area is 323 Å². The van der Waals surface area contributed by atoms with Gasteiger partial charge >= 0.3 is 99.2 Å². The molecule has 1 aliphatic rings. The molecular weight excluding hydrogens is 744 g/mol. The van der Waals surface area contributed by atoms with Gasteiger partial charge in [0.2, 0.25) is 0 Å². The Morgan fingerprint density at radius 3 is 1.32 bits per heavy atom. The number of hydrogen-bond donors (Lipinski definition) is 0. The third kappa shape index (κ3) is 10.0. The van der Waals surface area contributed by atoms with E-state index in [1.807, 2.05) is 10.4 Å². The summed E-state index contributed by atoms with van der Waals surface area (Å²) in [4.78, 5) is 0. The van der Waals surface area contributed by atoms with E-state index >= 15 is 0 Å². The van der Waals surface area contributed by atoms with Crippen molar-refractivity contribution in [3.63, 3.8) is 0 Å². The van der Waals surface area contributed by atoms with Crippen LogP contribution in [-0.2, 0) is 24.2 Å². The Bertz CT molecular complexity index is 1910. The first-order valence-electron chi connectivity index (χ1n) is 18.2. The normalized spacial score (nSPS) is 15.4. The standard InChI is InChI=1S/C17H37Si4.C15H13.C13H10.Zr/c1-18(2,3)14-13-15(19(4,5)6)17(21(10,11)12)16(14)20(7,8)9;1-10-3-5-14-12(7-10)9-13-8-11(2)4-6-15(13)14;1-3-7-12(8-4-1)11-13-9-5-2-6-10-13;/h14H,1-12H3;3-9H,1-2H3;1-10H;/q2*-1;;+2. The summed E-state index contributed by atoms with van der Waals surface area (Å²) in [5.74, 6) is 0. The molecule has 0 aromatic heterocycles.